The molecule has 0 bridgehead atoms. The standard InChI is InChI=1S/C20H16F2N4OS/c21-14-6-5-13(16(22)10-14)9-15-11-23-20(28-15)25-19(27)7-8-26-12-24-17-3-1-2-4-18(17)26/h1-6,10-12H,7-9H2,(H,23,25,27). The van der Waals surface area contributed by atoms with Crippen molar-refractivity contribution in [1.29, 1.82) is 0 Å². The van der Waals surface area contributed by atoms with E-state index in [1.807, 2.05) is 28.8 Å². The van der Waals surface area contributed by atoms with Crippen LogP contribution in [0.15, 0.2) is 55.0 Å². The smallest absolute Gasteiger partial charge is 0.227 e. The van der Waals surface area contributed by atoms with E-state index < -0.39 is 11.6 Å². The van der Waals surface area contributed by atoms with Crippen LogP contribution in [0.1, 0.15) is 16.9 Å². The maximum absolute atomic E-state index is 13.8. The number of aryl methyl sites for hydroxylation is 1. The van der Waals surface area contributed by atoms with Crippen LogP contribution in [0, 0.1) is 11.6 Å². The van der Waals surface area contributed by atoms with Crippen molar-refractivity contribution in [3.05, 3.63) is 77.1 Å². The number of hydrogen-bond donors (Lipinski definition) is 1. The highest BCUT2D eigenvalue weighted by Gasteiger charge is 2.11. The summed E-state index contributed by atoms with van der Waals surface area (Å²) in [6, 6.07) is 11.2. The van der Waals surface area contributed by atoms with Crippen molar-refractivity contribution in [1.82, 2.24) is 14.5 Å². The van der Waals surface area contributed by atoms with Gasteiger partial charge in [0.25, 0.3) is 0 Å². The van der Waals surface area contributed by atoms with Gasteiger partial charge in [0.15, 0.2) is 5.13 Å². The molecule has 5 nitrogen and oxygen atoms in total. The summed E-state index contributed by atoms with van der Waals surface area (Å²) in [5.41, 5.74) is 2.25. The Morgan fingerprint density at radius 1 is 1.14 bits per heavy atom. The topological polar surface area (TPSA) is 59.8 Å². The SMILES string of the molecule is O=C(CCn1cnc2ccccc21)Nc1ncc(Cc2ccc(F)cc2F)s1. The predicted molar refractivity (Wildman–Crippen MR) is 104 cm³/mol. The number of carbonyl (C=O) groups excluding carboxylic acids is 1. The molecule has 8 heteroatoms. The normalized spacial score (nSPS) is 11.1. The minimum atomic E-state index is -0.607. The Hall–Kier alpha value is -3.13. The fraction of sp³-hybridized carbons (Fsp3) is 0.150. The minimum Gasteiger partial charge on any atom is -0.330 e. The number of para-hydroxylation sites is 2. The molecule has 28 heavy (non-hydrogen) atoms. The number of anilines is 1. The molecule has 2 aromatic carbocycles. The van der Waals surface area contributed by atoms with E-state index >= 15 is 0 Å². The Balaban J connectivity index is 1.35. The Morgan fingerprint density at radius 2 is 2.00 bits per heavy atom. The van der Waals surface area contributed by atoms with Gasteiger partial charge in [-0.3, -0.25) is 4.79 Å². The van der Waals surface area contributed by atoms with Gasteiger partial charge in [-0.25, -0.2) is 18.7 Å². The Labute approximate surface area is 163 Å². The molecule has 0 aliphatic heterocycles. The molecular weight excluding hydrogens is 382 g/mol. The number of imidazole rings is 1. The van der Waals surface area contributed by atoms with Crippen LogP contribution in [-0.2, 0) is 17.8 Å². The van der Waals surface area contributed by atoms with Gasteiger partial charge in [0, 0.05) is 36.5 Å². The van der Waals surface area contributed by atoms with Gasteiger partial charge >= 0.3 is 0 Å². The molecule has 4 aromatic rings. The van der Waals surface area contributed by atoms with Crippen LogP contribution in [0.3, 0.4) is 0 Å². The number of hydrogen-bond acceptors (Lipinski definition) is 4. The van der Waals surface area contributed by atoms with E-state index in [0.29, 0.717) is 23.7 Å². The lowest BCUT2D eigenvalue weighted by molar-refractivity contribution is -0.116. The first kappa shape index (κ1) is 18.2. The van der Waals surface area contributed by atoms with Gasteiger partial charge in [0.1, 0.15) is 11.6 Å². The molecule has 0 fully saturated rings. The number of thiazole rings is 1. The lowest BCUT2D eigenvalue weighted by atomic mass is 10.1. The molecule has 0 saturated carbocycles. The van der Waals surface area contributed by atoms with E-state index in [2.05, 4.69) is 15.3 Å². The number of nitrogens with one attached hydrogen (secondary N) is 1. The molecule has 0 unspecified atom stereocenters. The number of aromatic nitrogens is 3. The first-order chi connectivity index (χ1) is 13.6. The molecule has 0 radical (unpaired) electrons. The zero-order valence-electron chi connectivity index (χ0n) is 14.7. The summed E-state index contributed by atoms with van der Waals surface area (Å²) < 4.78 is 28.7. The molecule has 2 aromatic heterocycles. The first-order valence-electron chi connectivity index (χ1n) is 8.67. The Morgan fingerprint density at radius 3 is 2.86 bits per heavy atom. The van der Waals surface area contributed by atoms with Crippen LogP contribution in [0.4, 0.5) is 13.9 Å². The van der Waals surface area contributed by atoms with Crippen molar-refractivity contribution in [2.24, 2.45) is 0 Å². The zero-order valence-corrected chi connectivity index (χ0v) is 15.5. The summed E-state index contributed by atoms with van der Waals surface area (Å²) >= 11 is 1.27. The molecule has 2 heterocycles. The summed E-state index contributed by atoms with van der Waals surface area (Å²) in [4.78, 5) is 21.5. The maximum atomic E-state index is 13.8. The number of benzene rings is 2. The second-order valence-electron chi connectivity index (χ2n) is 6.27. The molecule has 0 spiro atoms. The summed E-state index contributed by atoms with van der Waals surface area (Å²) in [7, 11) is 0. The molecule has 4 rings (SSSR count). The predicted octanol–water partition coefficient (Wildman–Crippen LogP) is 4.39. The summed E-state index contributed by atoms with van der Waals surface area (Å²) in [5.74, 6) is -1.36. The Bertz CT molecular complexity index is 1140. The average Bonchev–Trinajstić information content (AvgIpc) is 3.29. The van der Waals surface area contributed by atoms with E-state index in [1.54, 1.807) is 12.5 Å². The molecule has 0 atom stereocenters. The summed E-state index contributed by atoms with van der Waals surface area (Å²) in [5, 5.41) is 3.22. The van der Waals surface area contributed by atoms with Crippen LogP contribution < -0.4 is 5.32 Å². The lowest BCUT2D eigenvalue weighted by Gasteiger charge is -2.04. The van der Waals surface area contributed by atoms with Crippen molar-refractivity contribution in [2.45, 2.75) is 19.4 Å². The van der Waals surface area contributed by atoms with Crippen LogP contribution in [0.5, 0.6) is 0 Å². The van der Waals surface area contributed by atoms with E-state index in [9.17, 15) is 13.6 Å². The van der Waals surface area contributed by atoms with Gasteiger partial charge in [-0.1, -0.05) is 18.2 Å². The second kappa shape index (κ2) is 7.85. The number of rotatable bonds is 6. The van der Waals surface area contributed by atoms with Crippen LogP contribution >= 0.6 is 11.3 Å². The van der Waals surface area contributed by atoms with Crippen LogP contribution in [-0.4, -0.2) is 20.4 Å². The first-order valence-corrected chi connectivity index (χ1v) is 9.48. The van der Waals surface area contributed by atoms with Gasteiger partial charge in [-0.15, -0.1) is 11.3 Å². The monoisotopic (exact) mass is 398 g/mol. The van der Waals surface area contributed by atoms with Gasteiger partial charge in [0.2, 0.25) is 5.91 Å². The van der Waals surface area contributed by atoms with Crippen molar-refractivity contribution in [3.8, 4) is 0 Å². The highest BCUT2D eigenvalue weighted by molar-refractivity contribution is 7.15. The third-order valence-electron chi connectivity index (χ3n) is 4.29. The molecule has 1 amide bonds. The molecule has 142 valence electrons. The van der Waals surface area contributed by atoms with Crippen molar-refractivity contribution < 1.29 is 13.6 Å². The van der Waals surface area contributed by atoms with E-state index in [0.717, 1.165) is 22.0 Å². The summed E-state index contributed by atoms with van der Waals surface area (Å²) in [6.07, 6.45) is 3.88. The molecule has 0 aliphatic carbocycles. The van der Waals surface area contributed by atoms with Crippen LogP contribution in [0.25, 0.3) is 11.0 Å². The number of halogens is 2. The summed E-state index contributed by atoms with van der Waals surface area (Å²) in [6.45, 7) is 0.505. The quantitative estimate of drug-likeness (QED) is 0.524. The molecular formula is C20H16F2N4OS. The molecule has 0 saturated heterocycles. The van der Waals surface area contributed by atoms with Gasteiger partial charge < -0.3 is 9.88 Å². The van der Waals surface area contributed by atoms with Gasteiger partial charge in [-0.2, -0.15) is 0 Å². The average molecular weight is 398 g/mol. The van der Waals surface area contributed by atoms with E-state index in [-0.39, 0.29) is 12.3 Å². The fourth-order valence-electron chi connectivity index (χ4n) is 2.89. The molecule has 0 aliphatic rings. The van der Waals surface area contributed by atoms with Crippen molar-refractivity contribution in [3.63, 3.8) is 0 Å². The maximum Gasteiger partial charge on any atom is 0.227 e. The highest BCUT2D eigenvalue weighted by atomic mass is 32.1. The number of nitrogens with zero attached hydrogens (tertiary/aromatic N) is 3. The minimum absolute atomic E-state index is 0.161. The molecule has 1 N–H and O–H groups in total. The van der Waals surface area contributed by atoms with Gasteiger partial charge in [0.05, 0.1) is 17.4 Å². The van der Waals surface area contributed by atoms with E-state index in [4.69, 9.17) is 0 Å². The third kappa shape index (κ3) is 4.07. The number of carbonyl (C=O) groups is 1. The lowest BCUT2D eigenvalue weighted by Crippen LogP contribution is -2.14. The fourth-order valence-corrected chi connectivity index (χ4v) is 3.74. The van der Waals surface area contributed by atoms with Gasteiger partial charge in [-0.05, 0) is 23.8 Å². The van der Waals surface area contributed by atoms with E-state index in [1.165, 1.54) is 23.5 Å². The highest BCUT2D eigenvalue weighted by Crippen LogP contribution is 2.23. The third-order valence-corrected chi connectivity index (χ3v) is 5.20. The van der Waals surface area contributed by atoms with Crippen molar-refractivity contribution >= 4 is 33.4 Å². The van der Waals surface area contributed by atoms with Crippen molar-refractivity contribution in [2.75, 3.05) is 5.32 Å². The largest absolute Gasteiger partial charge is 0.330 e. The number of fused-ring (bicyclic) bond motifs is 1. The Kier molecular flexibility index (Phi) is 5.12. The zero-order chi connectivity index (χ0) is 19.5. The number of amides is 1. The van der Waals surface area contributed by atoms with Crippen LogP contribution in [0.2, 0.25) is 0 Å². The second-order valence-corrected chi connectivity index (χ2v) is 7.38.